The fourth-order valence-corrected chi connectivity index (χ4v) is 1.87. The zero-order valence-corrected chi connectivity index (χ0v) is 9.82. The molecule has 1 aromatic carbocycles. The molecule has 90 valence electrons. The van der Waals surface area contributed by atoms with Crippen LogP contribution in [0, 0.1) is 0 Å². The summed E-state index contributed by atoms with van der Waals surface area (Å²) in [7, 11) is 0. The van der Waals surface area contributed by atoms with E-state index in [1.165, 1.54) is 0 Å². The fourth-order valence-electron chi connectivity index (χ4n) is 1.87. The van der Waals surface area contributed by atoms with Gasteiger partial charge >= 0.3 is 0 Å². The van der Waals surface area contributed by atoms with Gasteiger partial charge in [-0.15, -0.1) is 5.10 Å². The molecule has 3 aromatic rings. The monoisotopic (exact) mass is 239 g/mol. The first-order chi connectivity index (χ1) is 8.85. The van der Waals surface area contributed by atoms with E-state index in [2.05, 4.69) is 21.4 Å². The SMILES string of the molecule is NCc1cn(Cc2ccc3ccccc3n2)nn1. The number of hydrogen-bond acceptors (Lipinski definition) is 4. The number of pyridine rings is 1. The quantitative estimate of drug-likeness (QED) is 0.748. The summed E-state index contributed by atoms with van der Waals surface area (Å²) < 4.78 is 1.75. The molecule has 2 aromatic heterocycles. The second-order valence-corrected chi connectivity index (χ2v) is 4.11. The van der Waals surface area contributed by atoms with Crippen LogP contribution < -0.4 is 5.73 Å². The van der Waals surface area contributed by atoms with Gasteiger partial charge in [0.15, 0.2) is 0 Å². The number of fused-ring (bicyclic) bond motifs is 1. The Morgan fingerprint density at radius 3 is 2.78 bits per heavy atom. The van der Waals surface area contributed by atoms with Crippen molar-refractivity contribution < 1.29 is 0 Å². The van der Waals surface area contributed by atoms with Gasteiger partial charge in [-0.05, 0) is 12.1 Å². The topological polar surface area (TPSA) is 69.6 Å². The van der Waals surface area contributed by atoms with E-state index in [0.717, 1.165) is 22.3 Å². The van der Waals surface area contributed by atoms with Gasteiger partial charge < -0.3 is 5.73 Å². The molecule has 0 saturated carbocycles. The lowest BCUT2D eigenvalue weighted by Gasteiger charge is -2.02. The summed E-state index contributed by atoms with van der Waals surface area (Å²) in [5.74, 6) is 0. The summed E-state index contributed by atoms with van der Waals surface area (Å²) in [5, 5.41) is 9.10. The Hall–Kier alpha value is -2.27. The van der Waals surface area contributed by atoms with E-state index < -0.39 is 0 Å². The van der Waals surface area contributed by atoms with Gasteiger partial charge in [-0.25, -0.2) is 4.68 Å². The van der Waals surface area contributed by atoms with E-state index in [4.69, 9.17) is 5.73 Å². The highest BCUT2D eigenvalue weighted by molar-refractivity contribution is 5.78. The van der Waals surface area contributed by atoms with E-state index in [-0.39, 0.29) is 0 Å². The highest BCUT2D eigenvalue weighted by Crippen LogP contribution is 2.12. The van der Waals surface area contributed by atoms with Crippen LogP contribution in [-0.2, 0) is 13.1 Å². The smallest absolute Gasteiger partial charge is 0.0962 e. The Kier molecular flexibility index (Phi) is 2.74. The van der Waals surface area contributed by atoms with Crippen molar-refractivity contribution in [3.63, 3.8) is 0 Å². The van der Waals surface area contributed by atoms with Crippen molar-refractivity contribution in [1.29, 1.82) is 0 Å². The highest BCUT2D eigenvalue weighted by atomic mass is 15.4. The molecular formula is C13H13N5. The molecule has 0 fully saturated rings. The van der Waals surface area contributed by atoms with Crippen LogP contribution in [0.15, 0.2) is 42.6 Å². The molecule has 3 rings (SSSR count). The van der Waals surface area contributed by atoms with E-state index in [9.17, 15) is 0 Å². The molecule has 18 heavy (non-hydrogen) atoms. The van der Waals surface area contributed by atoms with Crippen molar-refractivity contribution in [3.05, 3.63) is 54.0 Å². The van der Waals surface area contributed by atoms with Gasteiger partial charge in [-0.2, -0.15) is 0 Å². The summed E-state index contributed by atoms with van der Waals surface area (Å²) in [5.41, 5.74) is 8.24. The van der Waals surface area contributed by atoms with Gasteiger partial charge in [0.2, 0.25) is 0 Å². The molecule has 0 spiro atoms. The zero-order chi connectivity index (χ0) is 12.4. The molecule has 0 amide bonds. The van der Waals surface area contributed by atoms with Crippen molar-refractivity contribution in [1.82, 2.24) is 20.0 Å². The van der Waals surface area contributed by atoms with E-state index in [1.807, 2.05) is 36.5 Å². The van der Waals surface area contributed by atoms with Gasteiger partial charge in [-0.3, -0.25) is 4.98 Å². The van der Waals surface area contributed by atoms with Crippen LogP contribution in [0.25, 0.3) is 10.9 Å². The van der Waals surface area contributed by atoms with Crippen LogP contribution in [0.4, 0.5) is 0 Å². The Morgan fingerprint density at radius 1 is 1.06 bits per heavy atom. The highest BCUT2D eigenvalue weighted by Gasteiger charge is 2.02. The second-order valence-electron chi connectivity index (χ2n) is 4.11. The van der Waals surface area contributed by atoms with Crippen LogP contribution in [0.5, 0.6) is 0 Å². The van der Waals surface area contributed by atoms with Crippen molar-refractivity contribution >= 4 is 10.9 Å². The minimum atomic E-state index is 0.408. The molecule has 0 bridgehead atoms. The van der Waals surface area contributed by atoms with Gasteiger partial charge in [0.25, 0.3) is 0 Å². The first-order valence-electron chi connectivity index (χ1n) is 5.79. The lowest BCUT2D eigenvalue weighted by Crippen LogP contribution is -2.02. The predicted octanol–water partition coefficient (Wildman–Crippen LogP) is 1.33. The van der Waals surface area contributed by atoms with Crippen molar-refractivity contribution in [2.24, 2.45) is 5.73 Å². The molecule has 0 aliphatic heterocycles. The largest absolute Gasteiger partial charge is 0.325 e. The maximum absolute atomic E-state index is 5.50. The molecule has 0 aliphatic rings. The molecule has 5 heteroatoms. The molecule has 0 radical (unpaired) electrons. The Labute approximate surface area is 104 Å². The average Bonchev–Trinajstić information content (AvgIpc) is 2.86. The van der Waals surface area contributed by atoms with Crippen LogP contribution >= 0.6 is 0 Å². The third-order valence-corrected chi connectivity index (χ3v) is 2.78. The number of nitrogens with two attached hydrogens (primary N) is 1. The molecule has 2 heterocycles. The second kappa shape index (κ2) is 4.54. The van der Waals surface area contributed by atoms with Crippen molar-refractivity contribution in [2.75, 3.05) is 0 Å². The summed E-state index contributed by atoms with van der Waals surface area (Å²) >= 11 is 0. The van der Waals surface area contributed by atoms with Crippen LogP contribution in [0.1, 0.15) is 11.4 Å². The van der Waals surface area contributed by atoms with Crippen molar-refractivity contribution in [2.45, 2.75) is 13.1 Å². The molecule has 2 N–H and O–H groups in total. The maximum Gasteiger partial charge on any atom is 0.0962 e. The number of rotatable bonds is 3. The number of hydrogen-bond donors (Lipinski definition) is 1. The van der Waals surface area contributed by atoms with Gasteiger partial charge in [0, 0.05) is 11.9 Å². The Morgan fingerprint density at radius 2 is 1.94 bits per heavy atom. The van der Waals surface area contributed by atoms with Crippen LogP contribution in [-0.4, -0.2) is 20.0 Å². The first-order valence-corrected chi connectivity index (χ1v) is 5.79. The normalized spacial score (nSPS) is 10.9. The van der Waals surface area contributed by atoms with E-state index in [1.54, 1.807) is 4.68 Å². The molecule has 0 saturated heterocycles. The molecule has 5 nitrogen and oxygen atoms in total. The lowest BCUT2D eigenvalue weighted by atomic mass is 10.2. The standard InChI is InChI=1S/C13H13N5/c14-7-12-9-18(17-16-12)8-11-6-5-10-3-1-2-4-13(10)15-11/h1-6,9H,7-8,14H2. The van der Waals surface area contributed by atoms with Gasteiger partial charge in [0.05, 0.1) is 29.6 Å². The van der Waals surface area contributed by atoms with Crippen LogP contribution in [0.2, 0.25) is 0 Å². The van der Waals surface area contributed by atoms with Gasteiger partial charge in [-0.1, -0.05) is 29.5 Å². The number of para-hydroxylation sites is 1. The Balaban J connectivity index is 1.90. The lowest BCUT2D eigenvalue weighted by molar-refractivity contribution is 0.640. The predicted molar refractivity (Wildman–Crippen MR) is 68.8 cm³/mol. The number of benzene rings is 1. The molecular weight excluding hydrogens is 226 g/mol. The van der Waals surface area contributed by atoms with Crippen molar-refractivity contribution in [3.8, 4) is 0 Å². The van der Waals surface area contributed by atoms with Gasteiger partial charge in [0.1, 0.15) is 0 Å². The third kappa shape index (κ3) is 2.08. The first kappa shape index (κ1) is 10.9. The average molecular weight is 239 g/mol. The summed E-state index contributed by atoms with van der Waals surface area (Å²) in [4.78, 5) is 4.59. The molecule has 0 atom stereocenters. The molecule has 0 unspecified atom stereocenters. The van der Waals surface area contributed by atoms with E-state index in [0.29, 0.717) is 13.1 Å². The minimum Gasteiger partial charge on any atom is -0.325 e. The summed E-state index contributed by atoms with van der Waals surface area (Å²) in [6, 6.07) is 12.1. The summed E-state index contributed by atoms with van der Waals surface area (Å²) in [6.45, 7) is 1.02. The fraction of sp³-hybridized carbons (Fsp3) is 0.154. The maximum atomic E-state index is 5.50. The van der Waals surface area contributed by atoms with Crippen LogP contribution in [0.3, 0.4) is 0 Å². The third-order valence-electron chi connectivity index (χ3n) is 2.78. The number of aromatic nitrogens is 4. The minimum absolute atomic E-state index is 0.408. The summed E-state index contributed by atoms with van der Waals surface area (Å²) in [6.07, 6.45) is 1.84. The Bertz CT molecular complexity index is 674. The number of nitrogens with zero attached hydrogens (tertiary/aromatic N) is 4. The molecule has 0 aliphatic carbocycles. The van der Waals surface area contributed by atoms with E-state index >= 15 is 0 Å². The zero-order valence-electron chi connectivity index (χ0n) is 9.82.